The minimum absolute atomic E-state index is 0.0822. The molecule has 1 aromatic carbocycles. The molecule has 1 aliphatic heterocycles. The number of benzene rings is 1. The molecule has 1 saturated heterocycles. The summed E-state index contributed by atoms with van der Waals surface area (Å²) in [6.45, 7) is 3.96. The zero-order valence-electron chi connectivity index (χ0n) is 16.1. The first kappa shape index (κ1) is 19.8. The Morgan fingerprint density at radius 3 is 2.29 bits per heavy atom. The molecule has 0 spiro atoms. The summed E-state index contributed by atoms with van der Waals surface area (Å²) in [4.78, 5) is 28.8. The van der Waals surface area contributed by atoms with Gasteiger partial charge >= 0.3 is 0 Å². The minimum atomic E-state index is -0.235. The van der Waals surface area contributed by atoms with Gasteiger partial charge in [-0.25, -0.2) is 0 Å². The van der Waals surface area contributed by atoms with Gasteiger partial charge in [0.15, 0.2) is 5.76 Å². The second kappa shape index (κ2) is 9.27. The summed E-state index contributed by atoms with van der Waals surface area (Å²) in [5.74, 6) is 0.998. The summed E-state index contributed by atoms with van der Waals surface area (Å²) in [5, 5.41) is 2.92. The van der Waals surface area contributed by atoms with Gasteiger partial charge in [-0.05, 0) is 24.3 Å². The minimum Gasteiger partial charge on any atom is -0.496 e. The lowest BCUT2D eigenvalue weighted by Crippen LogP contribution is -2.50. The Labute approximate surface area is 164 Å². The highest BCUT2D eigenvalue weighted by molar-refractivity contribution is 5.99. The van der Waals surface area contributed by atoms with Crippen LogP contribution in [0, 0.1) is 0 Å². The number of methoxy groups -OCH3 is 2. The molecule has 8 nitrogen and oxygen atoms in total. The third-order valence-electron chi connectivity index (χ3n) is 4.76. The molecule has 2 amide bonds. The number of furan rings is 1. The Hall–Kier alpha value is -3.00. The zero-order chi connectivity index (χ0) is 19.9. The second-order valence-electron chi connectivity index (χ2n) is 6.40. The number of ether oxygens (including phenoxy) is 2. The van der Waals surface area contributed by atoms with Crippen molar-refractivity contribution >= 4 is 11.8 Å². The lowest BCUT2D eigenvalue weighted by Gasteiger charge is -2.34. The summed E-state index contributed by atoms with van der Waals surface area (Å²) in [6.07, 6.45) is 1.50. The fraction of sp³-hybridized carbons (Fsp3) is 0.400. The van der Waals surface area contributed by atoms with Crippen molar-refractivity contribution in [1.82, 2.24) is 15.1 Å². The maximum absolute atomic E-state index is 12.6. The molecule has 1 aliphatic rings. The predicted octanol–water partition coefficient (Wildman–Crippen LogP) is 1.48. The first-order valence-electron chi connectivity index (χ1n) is 9.18. The number of rotatable bonds is 7. The number of piperazine rings is 1. The zero-order valence-corrected chi connectivity index (χ0v) is 16.1. The molecule has 1 fully saturated rings. The second-order valence-corrected chi connectivity index (χ2v) is 6.40. The first-order chi connectivity index (χ1) is 13.6. The highest BCUT2D eigenvalue weighted by Crippen LogP contribution is 2.27. The molecule has 1 N–H and O–H groups in total. The molecule has 3 rings (SSSR count). The van der Waals surface area contributed by atoms with E-state index >= 15 is 0 Å². The molecule has 0 aliphatic carbocycles. The summed E-state index contributed by atoms with van der Waals surface area (Å²) in [7, 11) is 3.05. The molecule has 2 aromatic rings. The van der Waals surface area contributed by atoms with E-state index in [1.165, 1.54) is 20.5 Å². The summed E-state index contributed by atoms with van der Waals surface area (Å²) < 4.78 is 15.7. The van der Waals surface area contributed by atoms with Crippen molar-refractivity contribution in [1.29, 1.82) is 0 Å². The summed E-state index contributed by atoms with van der Waals surface area (Å²) in [5.41, 5.74) is 0.390. The molecule has 150 valence electrons. The molecule has 0 bridgehead atoms. The lowest BCUT2D eigenvalue weighted by atomic mass is 10.1. The number of amides is 2. The van der Waals surface area contributed by atoms with Crippen LogP contribution >= 0.6 is 0 Å². The monoisotopic (exact) mass is 387 g/mol. The van der Waals surface area contributed by atoms with Crippen LogP contribution in [-0.4, -0.2) is 75.1 Å². The molecule has 8 heteroatoms. The highest BCUT2D eigenvalue weighted by atomic mass is 16.5. The average molecular weight is 387 g/mol. The standard InChI is InChI=1S/C20H25N3O5/c1-26-15-5-3-6-16(27-2)18(15)19(24)21-8-9-22-10-12-23(13-11-22)20(25)17-7-4-14-28-17/h3-7,14H,8-13H2,1-2H3,(H,21,24). The van der Waals surface area contributed by atoms with Gasteiger partial charge in [-0.3, -0.25) is 14.5 Å². The normalized spacial score (nSPS) is 14.6. The van der Waals surface area contributed by atoms with Crippen LogP contribution in [0.2, 0.25) is 0 Å². The van der Waals surface area contributed by atoms with Crippen molar-refractivity contribution in [2.45, 2.75) is 0 Å². The van der Waals surface area contributed by atoms with Crippen LogP contribution in [0.3, 0.4) is 0 Å². The van der Waals surface area contributed by atoms with E-state index < -0.39 is 0 Å². The maximum Gasteiger partial charge on any atom is 0.289 e. The molecular weight excluding hydrogens is 362 g/mol. The predicted molar refractivity (Wildman–Crippen MR) is 103 cm³/mol. The van der Waals surface area contributed by atoms with E-state index in [4.69, 9.17) is 13.9 Å². The van der Waals surface area contributed by atoms with Crippen molar-refractivity contribution in [2.24, 2.45) is 0 Å². The largest absolute Gasteiger partial charge is 0.496 e. The van der Waals surface area contributed by atoms with Crippen molar-refractivity contribution < 1.29 is 23.5 Å². The molecule has 0 unspecified atom stereocenters. The smallest absolute Gasteiger partial charge is 0.289 e. The van der Waals surface area contributed by atoms with Gasteiger partial charge in [0.1, 0.15) is 17.1 Å². The van der Waals surface area contributed by atoms with Crippen LogP contribution in [0.15, 0.2) is 41.0 Å². The molecule has 2 heterocycles. The summed E-state index contributed by atoms with van der Waals surface area (Å²) in [6, 6.07) is 8.62. The number of hydrogen-bond acceptors (Lipinski definition) is 6. The fourth-order valence-electron chi connectivity index (χ4n) is 3.22. The average Bonchev–Trinajstić information content (AvgIpc) is 3.27. The van der Waals surface area contributed by atoms with Gasteiger partial charge in [0, 0.05) is 39.3 Å². The number of hydrogen-bond donors (Lipinski definition) is 1. The van der Waals surface area contributed by atoms with Gasteiger partial charge in [0.05, 0.1) is 20.5 Å². The van der Waals surface area contributed by atoms with Crippen LogP contribution in [-0.2, 0) is 0 Å². The van der Waals surface area contributed by atoms with E-state index in [2.05, 4.69) is 10.2 Å². The van der Waals surface area contributed by atoms with Crippen LogP contribution in [0.1, 0.15) is 20.9 Å². The molecule has 0 atom stereocenters. The molecule has 0 radical (unpaired) electrons. The van der Waals surface area contributed by atoms with E-state index in [0.29, 0.717) is 49.0 Å². The van der Waals surface area contributed by atoms with Crippen molar-refractivity contribution in [3.05, 3.63) is 47.9 Å². The van der Waals surface area contributed by atoms with Crippen LogP contribution in [0.25, 0.3) is 0 Å². The highest BCUT2D eigenvalue weighted by Gasteiger charge is 2.24. The number of carbonyl (C=O) groups is 2. The van der Waals surface area contributed by atoms with Crippen molar-refractivity contribution in [3.63, 3.8) is 0 Å². The van der Waals surface area contributed by atoms with Crippen LogP contribution in [0.4, 0.5) is 0 Å². The van der Waals surface area contributed by atoms with E-state index in [1.54, 1.807) is 35.2 Å². The van der Waals surface area contributed by atoms with Crippen molar-refractivity contribution in [3.8, 4) is 11.5 Å². The third-order valence-corrected chi connectivity index (χ3v) is 4.76. The van der Waals surface area contributed by atoms with Gasteiger partial charge in [-0.15, -0.1) is 0 Å². The SMILES string of the molecule is COc1cccc(OC)c1C(=O)NCCN1CCN(C(=O)c2ccco2)CC1. The van der Waals surface area contributed by atoms with Gasteiger partial charge in [0.2, 0.25) is 0 Å². The fourth-order valence-corrected chi connectivity index (χ4v) is 3.22. The molecule has 28 heavy (non-hydrogen) atoms. The Balaban J connectivity index is 1.46. The lowest BCUT2D eigenvalue weighted by molar-refractivity contribution is 0.0607. The molecule has 0 saturated carbocycles. The Morgan fingerprint density at radius 2 is 1.71 bits per heavy atom. The van der Waals surface area contributed by atoms with E-state index in [9.17, 15) is 9.59 Å². The van der Waals surface area contributed by atoms with E-state index in [1.807, 2.05) is 0 Å². The van der Waals surface area contributed by atoms with Gasteiger partial charge in [-0.1, -0.05) is 6.07 Å². The van der Waals surface area contributed by atoms with Gasteiger partial charge in [0.25, 0.3) is 11.8 Å². The number of carbonyl (C=O) groups excluding carboxylic acids is 2. The quantitative estimate of drug-likeness (QED) is 0.775. The first-order valence-corrected chi connectivity index (χ1v) is 9.18. The van der Waals surface area contributed by atoms with Gasteiger partial charge in [-0.2, -0.15) is 0 Å². The third kappa shape index (κ3) is 4.45. The maximum atomic E-state index is 12.6. The Morgan fingerprint density at radius 1 is 1.04 bits per heavy atom. The van der Waals surface area contributed by atoms with Crippen LogP contribution in [0.5, 0.6) is 11.5 Å². The number of nitrogens with one attached hydrogen (secondary N) is 1. The van der Waals surface area contributed by atoms with Crippen LogP contribution < -0.4 is 14.8 Å². The molecule has 1 aromatic heterocycles. The topological polar surface area (TPSA) is 84.3 Å². The summed E-state index contributed by atoms with van der Waals surface area (Å²) >= 11 is 0. The Bertz CT molecular complexity index is 776. The molecular formula is C20H25N3O5. The van der Waals surface area contributed by atoms with E-state index in [0.717, 1.165) is 13.1 Å². The van der Waals surface area contributed by atoms with E-state index in [-0.39, 0.29) is 11.8 Å². The number of nitrogens with zero attached hydrogens (tertiary/aromatic N) is 2. The van der Waals surface area contributed by atoms with Gasteiger partial charge < -0.3 is 24.1 Å². The Kier molecular flexibility index (Phi) is 6.54. The van der Waals surface area contributed by atoms with Crippen molar-refractivity contribution in [2.75, 3.05) is 53.5 Å².